The van der Waals surface area contributed by atoms with Crippen molar-refractivity contribution in [2.45, 2.75) is 6.92 Å². The van der Waals surface area contributed by atoms with E-state index in [1.807, 2.05) is 0 Å². The van der Waals surface area contributed by atoms with Crippen LogP contribution in [-0.4, -0.2) is 19.4 Å². The first-order valence-electron chi connectivity index (χ1n) is 4.38. The molecule has 0 fully saturated rings. The molecule has 0 spiro atoms. The van der Waals surface area contributed by atoms with Crippen molar-refractivity contribution in [2.24, 2.45) is 0 Å². The number of hydrogen-bond acceptors (Lipinski definition) is 4. The summed E-state index contributed by atoms with van der Waals surface area (Å²) in [5.74, 6) is 0.691. The summed E-state index contributed by atoms with van der Waals surface area (Å²) in [7, 11) is 0. The van der Waals surface area contributed by atoms with Gasteiger partial charge in [0.05, 0.1) is 6.61 Å². The largest absolute Gasteiger partial charge is 0.462 e. The van der Waals surface area contributed by atoms with Crippen molar-refractivity contribution in [3.63, 3.8) is 0 Å². The predicted molar refractivity (Wildman–Crippen MR) is 48.5 cm³/mol. The number of esters is 1. The second kappa shape index (κ2) is 3.57. The lowest BCUT2D eigenvalue weighted by molar-refractivity contribution is 0.0522. The third-order valence-corrected chi connectivity index (χ3v) is 1.89. The Hall–Kier alpha value is -1.71. The van der Waals surface area contributed by atoms with E-state index < -0.39 is 0 Å². The summed E-state index contributed by atoms with van der Waals surface area (Å²) in [5.41, 5.74) is 0.418. The molecule has 0 unspecified atom stereocenters. The zero-order valence-corrected chi connectivity index (χ0v) is 7.78. The Morgan fingerprint density at radius 1 is 1.50 bits per heavy atom. The molecule has 2 rings (SSSR count). The first-order valence-corrected chi connectivity index (χ1v) is 4.38. The number of fused-ring (bicyclic) bond motifs is 1. The summed E-state index contributed by atoms with van der Waals surface area (Å²) in [4.78, 5) is 11.4. The minimum atomic E-state index is -0.380. The van der Waals surface area contributed by atoms with Gasteiger partial charge in [0.2, 0.25) is 6.79 Å². The highest BCUT2D eigenvalue weighted by Crippen LogP contribution is 2.35. The van der Waals surface area contributed by atoms with Crippen LogP contribution < -0.4 is 9.47 Å². The van der Waals surface area contributed by atoms with Crippen LogP contribution in [0.4, 0.5) is 0 Å². The second-order valence-electron chi connectivity index (χ2n) is 2.76. The Morgan fingerprint density at radius 3 is 3.14 bits per heavy atom. The SMILES string of the molecule is CCOC(=O)c1cccc2c1OCO2. The van der Waals surface area contributed by atoms with Gasteiger partial charge in [-0.2, -0.15) is 0 Å². The van der Waals surface area contributed by atoms with Gasteiger partial charge in [-0.1, -0.05) is 6.07 Å². The van der Waals surface area contributed by atoms with E-state index in [0.29, 0.717) is 23.7 Å². The van der Waals surface area contributed by atoms with Gasteiger partial charge < -0.3 is 14.2 Å². The molecule has 14 heavy (non-hydrogen) atoms. The van der Waals surface area contributed by atoms with Crippen LogP contribution in [0.5, 0.6) is 11.5 Å². The maximum absolute atomic E-state index is 11.4. The number of carbonyl (C=O) groups is 1. The number of ether oxygens (including phenoxy) is 3. The first kappa shape index (κ1) is 8.87. The van der Waals surface area contributed by atoms with Crippen molar-refractivity contribution in [2.75, 3.05) is 13.4 Å². The molecule has 0 saturated carbocycles. The molecular weight excluding hydrogens is 184 g/mol. The van der Waals surface area contributed by atoms with E-state index in [0.717, 1.165) is 0 Å². The number of para-hydroxylation sites is 1. The summed E-state index contributed by atoms with van der Waals surface area (Å²) in [6.45, 7) is 2.27. The average molecular weight is 194 g/mol. The highest BCUT2D eigenvalue weighted by Gasteiger charge is 2.22. The fourth-order valence-electron chi connectivity index (χ4n) is 1.30. The average Bonchev–Trinajstić information content (AvgIpc) is 2.65. The fraction of sp³-hybridized carbons (Fsp3) is 0.300. The van der Waals surface area contributed by atoms with Crippen LogP contribution in [0, 0.1) is 0 Å². The molecule has 1 aromatic carbocycles. The Bertz CT molecular complexity index is 359. The van der Waals surface area contributed by atoms with Crippen molar-refractivity contribution < 1.29 is 19.0 Å². The normalized spacial score (nSPS) is 12.6. The van der Waals surface area contributed by atoms with Crippen LogP contribution in [0.15, 0.2) is 18.2 Å². The topological polar surface area (TPSA) is 44.8 Å². The van der Waals surface area contributed by atoms with Gasteiger partial charge in [-0.25, -0.2) is 4.79 Å². The standard InChI is InChI=1S/C10H10O4/c1-2-12-10(11)7-4-3-5-8-9(7)14-6-13-8/h3-5H,2,6H2,1H3. The van der Waals surface area contributed by atoms with Crippen LogP contribution in [0.3, 0.4) is 0 Å². The lowest BCUT2D eigenvalue weighted by Gasteiger charge is -2.04. The summed E-state index contributed by atoms with van der Waals surface area (Å²) >= 11 is 0. The van der Waals surface area contributed by atoms with E-state index in [1.54, 1.807) is 25.1 Å². The number of benzene rings is 1. The third-order valence-electron chi connectivity index (χ3n) is 1.89. The van der Waals surface area contributed by atoms with E-state index in [9.17, 15) is 4.79 Å². The molecule has 1 aliphatic heterocycles. The zero-order valence-electron chi connectivity index (χ0n) is 7.78. The minimum absolute atomic E-state index is 0.158. The van der Waals surface area contributed by atoms with E-state index in [1.165, 1.54) is 0 Å². The molecule has 0 N–H and O–H groups in total. The molecular formula is C10H10O4. The van der Waals surface area contributed by atoms with E-state index in [2.05, 4.69) is 0 Å². The number of carbonyl (C=O) groups excluding carboxylic acids is 1. The quantitative estimate of drug-likeness (QED) is 0.670. The van der Waals surface area contributed by atoms with Gasteiger partial charge in [0.15, 0.2) is 11.5 Å². The Kier molecular flexibility index (Phi) is 2.26. The molecule has 0 radical (unpaired) electrons. The van der Waals surface area contributed by atoms with E-state index >= 15 is 0 Å². The van der Waals surface area contributed by atoms with Gasteiger partial charge in [0.1, 0.15) is 5.56 Å². The summed E-state index contributed by atoms with van der Waals surface area (Å²) in [6.07, 6.45) is 0. The second-order valence-corrected chi connectivity index (χ2v) is 2.76. The van der Waals surface area contributed by atoms with Crippen molar-refractivity contribution in [3.8, 4) is 11.5 Å². The Balaban J connectivity index is 2.34. The maximum atomic E-state index is 11.4. The number of rotatable bonds is 2. The molecule has 0 aromatic heterocycles. The third kappa shape index (κ3) is 1.39. The molecule has 0 atom stereocenters. The van der Waals surface area contributed by atoms with Crippen molar-refractivity contribution in [1.82, 2.24) is 0 Å². The molecule has 0 aliphatic carbocycles. The summed E-state index contributed by atoms with van der Waals surface area (Å²) < 4.78 is 15.2. The van der Waals surface area contributed by atoms with Crippen LogP contribution in [0.1, 0.15) is 17.3 Å². The lowest BCUT2D eigenvalue weighted by atomic mass is 10.2. The monoisotopic (exact) mass is 194 g/mol. The molecule has 1 heterocycles. The summed E-state index contributed by atoms with van der Waals surface area (Å²) in [5, 5.41) is 0. The van der Waals surface area contributed by atoms with Crippen LogP contribution >= 0.6 is 0 Å². The van der Waals surface area contributed by atoms with E-state index in [4.69, 9.17) is 14.2 Å². The van der Waals surface area contributed by atoms with Crippen molar-refractivity contribution in [1.29, 1.82) is 0 Å². The molecule has 1 aromatic rings. The van der Waals surface area contributed by atoms with Gasteiger partial charge in [-0.05, 0) is 19.1 Å². The van der Waals surface area contributed by atoms with Crippen molar-refractivity contribution >= 4 is 5.97 Å². The van der Waals surface area contributed by atoms with Gasteiger partial charge >= 0.3 is 5.97 Å². The molecule has 4 heteroatoms. The maximum Gasteiger partial charge on any atom is 0.342 e. The van der Waals surface area contributed by atoms with Crippen LogP contribution in [0.2, 0.25) is 0 Å². The van der Waals surface area contributed by atoms with Crippen molar-refractivity contribution in [3.05, 3.63) is 23.8 Å². The fourth-order valence-corrected chi connectivity index (χ4v) is 1.30. The molecule has 74 valence electrons. The first-order chi connectivity index (χ1) is 6.83. The molecule has 1 aliphatic rings. The molecule has 0 bridgehead atoms. The molecule has 0 amide bonds. The summed E-state index contributed by atoms with van der Waals surface area (Å²) in [6, 6.07) is 5.15. The Labute approximate surface area is 81.4 Å². The van der Waals surface area contributed by atoms with Crippen LogP contribution in [0.25, 0.3) is 0 Å². The van der Waals surface area contributed by atoms with Gasteiger partial charge in [0, 0.05) is 0 Å². The predicted octanol–water partition coefficient (Wildman–Crippen LogP) is 1.59. The minimum Gasteiger partial charge on any atom is -0.462 e. The highest BCUT2D eigenvalue weighted by atomic mass is 16.7. The Morgan fingerprint density at radius 2 is 2.36 bits per heavy atom. The van der Waals surface area contributed by atoms with Gasteiger partial charge in [0.25, 0.3) is 0 Å². The van der Waals surface area contributed by atoms with Crippen LogP contribution in [-0.2, 0) is 4.74 Å². The number of hydrogen-bond donors (Lipinski definition) is 0. The highest BCUT2D eigenvalue weighted by molar-refractivity contribution is 5.93. The smallest absolute Gasteiger partial charge is 0.342 e. The molecule has 4 nitrogen and oxygen atoms in total. The zero-order chi connectivity index (χ0) is 9.97. The molecule has 0 saturated heterocycles. The van der Waals surface area contributed by atoms with Gasteiger partial charge in [-0.15, -0.1) is 0 Å². The van der Waals surface area contributed by atoms with Gasteiger partial charge in [-0.3, -0.25) is 0 Å². The lowest BCUT2D eigenvalue weighted by Crippen LogP contribution is -2.05. The van der Waals surface area contributed by atoms with E-state index in [-0.39, 0.29) is 12.8 Å².